The van der Waals surface area contributed by atoms with Gasteiger partial charge in [-0.25, -0.2) is 4.79 Å². The zero-order valence-electron chi connectivity index (χ0n) is 16.6. The van der Waals surface area contributed by atoms with Crippen LogP contribution in [-0.2, 0) is 11.3 Å². The van der Waals surface area contributed by atoms with Crippen LogP contribution >= 0.6 is 24.0 Å². The fourth-order valence-corrected chi connectivity index (χ4v) is 2.04. The Labute approximate surface area is 181 Å². The molecule has 28 heavy (non-hydrogen) atoms. The van der Waals surface area contributed by atoms with Gasteiger partial charge in [0.2, 0.25) is 0 Å². The quantitative estimate of drug-likeness (QED) is 0.214. The number of carbonyl (C=O) groups is 1. The largest absolute Gasteiger partial charge is 0.444 e. The van der Waals surface area contributed by atoms with Gasteiger partial charge in [-0.3, -0.25) is 4.99 Å². The van der Waals surface area contributed by atoms with Crippen molar-refractivity contribution in [2.24, 2.45) is 4.99 Å². The van der Waals surface area contributed by atoms with E-state index in [0.29, 0.717) is 32.0 Å². The van der Waals surface area contributed by atoms with Crippen LogP contribution in [0, 0.1) is 0 Å². The SMILES string of the molecule is CN=C(NCCCNC(=O)OC(C)(C)C)NCc1cccc(OC(F)F)c1.I. The van der Waals surface area contributed by atoms with Crippen molar-refractivity contribution >= 4 is 36.0 Å². The Morgan fingerprint density at radius 3 is 2.46 bits per heavy atom. The van der Waals surface area contributed by atoms with Crippen molar-refractivity contribution in [1.29, 1.82) is 0 Å². The minimum Gasteiger partial charge on any atom is -0.444 e. The summed E-state index contributed by atoms with van der Waals surface area (Å²) >= 11 is 0. The number of aliphatic imine (C=N–C) groups is 1. The van der Waals surface area contributed by atoms with Gasteiger partial charge in [-0.05, 0) is 44.9 Å². The number of ether oxygens (including phenoxy) is 2. The maximum atomic E-state index is 12.3. The van der Waals surface area contributed by atoms with Gasteiger partial charge in [0.05, 0.1) is 0 Å². The molecule has 0 radical (unpaired) electrons. The van der Waals surface area contributed by atoms with E-state index in [4.69, 9.17) is 4.74 Å². The summed E-state index contributed by atoms with van der Waals surface area (Å²) in [5.41, 5.74) is 0.258. The predicted octanol–water partition coefficient (Wildman–Crippen LogP) is 3.49. The molecule has 0 heterocycles. The summed E-state index contributed by atoms with van der Waals surface area (Å²) in [6, 6.07) is 6.45. The Morgan fingerprint density at radius 1 is 1.18 bits per heavy atom. The summed E-state index contributed by atoms with van der Waals surface area (Å²) in [5, 5.41) is 8.86. The van der Waals surface area contributed by atoms with Crippen molar-refractivity contribution in [1.82, 2.24) is 16.0 Å². The Kier molecular flexibility index (Phi) is 12.5. The van der Waals surface area contributed by atoms with E-state index in [0.717, 1.165) is 5.56 Å². The third-order valence-electron chi connectivity index (χ3n) is 3.12. The number of benzene rings is 1. The number of hydrogen-bond acceptors (Lipinski definition) is 4. The van der Waals surface area contributed by atoms with Gasteiger partial charge in [0.25, 0.3) is 0 Å². The van der Waals surface area contributed by atoms with E-state index in [1.807, 2.05) is 0 Å². The van der Waals surface area contributed by atoms with Gasteiger partial charge in [0.1, 0.15) is 11.4 Å². The second kappa shape index (κ2) is 13.3. The summed E-state index contributed by atoms with van der Waals surface area (Å²) < 4.78 is 34.0. The average Bonchev–Trinajstić information content (AvgIpc) is 2.55. The molecule has 0 aliphatic heterocycles. The lowest BCUT2D eigenvalue weighted by atomic mass is 10.2. The Balaban J connectivity index is 0.00000729. The molecule has 3 N–H and O–H groups in total. The standard InChI is InChI=1S/C18H28F2N4O3.HI/c1-18(2,3)27-17(25)23-10-6-9-22-16(21-4)24-12-13-7-5-8-14(11-13)26-15(19)20;/h5,7-8,11,15H,6,9-10,12H2,1-4H3,(H,23,25)(H2,21,22,24);1H. The maximum Gasteiger partial charge on any atom is 0.407 e. The van der Waals surface area contributed by atoms with Gasteiger partial charge in [-0.15, -0.1) is 24.0 Å². The number of alkyl carbamates (subject to hydrolysis) is 1. The lowest BCUT2D eigenvalue weighted by Crippen LogP contribution is -2.39. The molecular formula is C18H29F2IN4O3. The van der Waals surface area contributed by atoms with Crippen molar-refractivity contribution in [3.05, 3.63) is 29.8 Å². The molecule has 0 aliphatic rings. The molecule has 10 heteroatoms. The molecule has 0 aliphatic carbocycles. The smallest absolute Gasteiger partial charge is 0.407 e. The van der Waals surface area contributed by atoms with E-state index in [1.54, 1.807) is 40.0 Å². The van der Waals surface area contributed by atoms with Crippen LogP contribution in [0.1, 0.15) is 32.8 Å². The first kappa shape index (κ1) is 26.1. The molecule has 1 aromatic rings. The number of carbonyl (C=O) groups excluding carboxylic acids is 1. The number of alkyl halides is 2. The molecule has 1 aromatic carbocycles. The van der Waals surface area contributed by atoms with Gasteiger partial charge in [0.15, 0.2) is 5.96 Å². The van der Waals surface area contributed by atoms with Crippen LogP contribution in [-0.4, -0.2) is 44.4 Å². The number of amides is 1. The Bertz CT molecular complexity index is 625. The second-order valence-corrected chi connectivity index (χ2v) is 6.66. The first-order chi connectivity index (χ1) is 12.7. The summed E-state index contributed by atoms with van der Waals surface area (Å²) in [6.07, 6.45) is 0.230. The number of nitrogens with zero attached hydrogens (tertiary/aromatic N) is 1. The number of rotatable bonds is 8. The Hall–Kier alpha value is -1.85. The van der Waals surface area contributed by atoms with Crippen LogP contribution in [0.15, 0.2) is 29.3 Å². The summed E-state index contributed by atoms with van der Waals surface area (Å²) in [7, 11) is 1.63. The summed E-state index contributed by atoms with van der Waals surface area (Å²) in [6.45, 7) is 4.01. The van der Waals surface area contributed by atoms with E-state index in [2.05, 4.69) is 25.7 Å². The molecule has 0 saturated carbocycles. The van der Waals surface area contributed by atoms with Gasteiger partial charge in [0, 0.05) is 26.7 Å². The van der Waals surface area contributed by atoms with Crippen molar-refractivity contribution in [2.75, 3.05) is 20.1 Å². The van der Waals surface area contributed by atoms with Crippen molar-refractivity contribution < 1.29 is 23.0 Å². The van der Waals surface area contributed by atoms with E-state index >= 15 is 0 Å². The highest BCUT2D eigenvalue weighted by atomic mass is 127. The molecular weight excluding hydrogens is 485 g/mol. The van der Waals surface area contributed by atoms with Gasteiger partial charge in [-0.2, -0.15) is 8.78 Å². The molecule has 0 fully saturated rings. The fraction of sp³-hybridized carbons (Fsp3) is 0.556. The molecule has 7 nitrogen and oxygen atoms in total. The van der Waals surface area contributed by atoms with Crippen LogP contribution in [0.3, 0.4) is 0 Å². The van der Waals surface area contributed by atoms with E-state index in [9.17, 15) is 13.6 Å². The molecule has 160 valence electrons. The third kappa shape index (κ3) is 12.5. The lowest BCUT2D eigenvalue weighted by Gasteiger charge is -2.19. The molecule has 0 saturated heterocycles. The topological polar surface area (TPSA) is 84.0 Å². The monoisotopic (exact) mass is 514 g/mol. The molecule has 0 spiro atoms. The number of nitrogens with one attached hydrogen (secondary N) is 3. The highest BCUT2D eigenvalue weighted by Crippen LogP contribution is 2.15. The zero-order valence-corrected chi connectivity index (χ0v) is 18.9. The molecule has 0 atom stereocenters. The molecule has 0 unspecified atom stereocenters. The van der Waals surface area contributed by atoms with Gasteiger partial charge < -0.3 is 25.4 Å². The van der Waals surface area contributed by atoms with Gasteiger partial charge >= 0.3 is 12.7 Å². The average molecular weight is 514 g/mol. The molecule has 0 aromatic heterocycles. The number of guanidine groups is 1. The van der Waals surface area contributed by atoms with E-state index in [-0.39, 0.29) is 29.7 Å². The predicted molar refractivity (Wildman–Crippen MR) is 116 cm³/mol. The third-order valence-corrected chi connectivity index (χ3v) is 3.12. The zero-order chi connectivity index (χ0) is 20.3. The van der Waals surface area contributed by atoms with Crippen molar-refractivity contribution in [3.8, 4) is 5.75 Å². The Morgan fingerprint density at radius 2 is 1.86 bits per heavy atom. The number of halogens is 3. The van der Waals surface area contributed by atoms with E-state index < -0.39 is 18.3 Å². The fourth-order valence-electron chi connectivity index (χ4n) is 2.04. The first-order valence-corrected chi connectivity index (χ1v) is 8.65. The first-order valence-electron chi connectivity index (χ1n) is 8.65. The summed E-state index contributed by atoms with van der Waals surface area (Å²) in [4.78, 5) is 15.6. The second-order valence-electron chi connectivity index (χ2n) is 6.66. The minimum absolute atomic E-state index is 0. The number of hydrogen-bond donors (Lipinski definition) is 3. The minimum atomic E-state index is -2.85. The van der Waals surface area contributed by atoms with Crippen LogP contribution in [0.25, 0.3) is 0 Å². The summed E-state index contributed by atoms with van der Waals surface area (Å²) in [5.74, 6) is 0.674. The maximum absolute atomic E-state index is 12.3. The highest BCUT2D eigenvalue weighted by Gasteiger charge is 2.15. The van der Waals surface area contributed by atoms with Gasteiger partial charge in [-0.1, -0.05) is 12.1 Å². The normalized spacial score (nSPS) is 11.5. The highest BCUT2D eigenvalue weighted by molar-refractivity contribution is 14.0. The van der Waals surface area contributed by atoms with Crippen LogP contribution in [0.4, 0.5) is 13.6 Å². The van der Waals surface area contributed by atoms with E-state index in [1.165, 1.54) is 12.1 Å². The van der Waals surface area contributed by atoms with Crippen LogP contribution in [0.5, 0.6) is 5.75 Å². The molecule has 1 amide bonds. The van der Waals surface area contributed by atoms with Crippen molar-refractivity contribution in [2.45, 2.75) is 45.9 Å². The van der Waals surface area contributed by atoms with Crippen LogP contribution < -0.4 is 20.7 Å². The lowest BCUT2D eigenvalue weighted by molar-refractivity contribution is -0.0498. The van der Waals surface area contributed by atoms with Crippen LogP contribution in [0.2, 0.25) is 0 Å². The molecule has 1 rings (SSSR count). The van der Waals surface area contributed by atoms with Crippen molar-refractivity contribution in [3.63, 3.8) is 0 Å². The molecule has 0 bridgehead atoms.